The summed E-state index contributed by atoms with van der Waals surface area (Å²) < 4.78 is 5.58. The first-order chi connectivity index (χ1) is 11.2. The lowest BCUT2D eigenvalue weighted by Gasteiger charge is -2.44. The minimum Gasteiger partial charge on any atom is -0.479 e. The monoisotopic (exact) mass is 421 g/mol. The second kappa shape index (κ2) is 5.95. The van der Waals surface area contributed by atoms with Crippen molar-refractivity contribution in [1.82, 2.24) is 4.98 Å². The average Bonchev–Trinajstić information content (AvgIpc) is 2.97. The number of aromatic amines is 1. The molecule has 1 aromatic carbocycles. The van der Waals surface area contributed by atoms with Gasteiger partial charge < -0.3 is 35.3 Å². The molecule has 0 radical (unpaired) electrons. The number of H-pyrrole nitrogens is 1. The van der Waals surface area contributed by atoms with Crippen LogP contribution in [0.2, 0.25) is 5.02 Å². The number of carboxylic acid groups (broad SMARTS) is 1. The maximum absolute atomic E-state index is 11.2. The fourth-order valence-electron chi connectivity index (χ4n) is 2.79. The Labute approximate surface area is 148 Å². The number of aliphatic hydroxyl groups excluding tert-OH is 3. The third-order valence-electron chi connectivity index (χ3n) is 4.06. The molecule has 1 saturated heterocycles. The standard InChI is InChI=1S/C14H13BrClNO7/c15-5-1-2-6-7(8(5)16)4(3-17-6)14(23)12(20)10(19)9(18)11(24-14)13(21)22/h1-3,9-12,17-20,23H,(H,21,22)/t9-,10-,11-,12+,14-/m0/s1. The van der Waals surface area contributed by atoms with E-state index in [1.54, 1.807) is 12.1 Å². The summed E-state index contributed by atoms with van der Waals surface area (Å²) in [5.41, 5.74) is 0.434. The summed E-state index contributed by atoms with van der Waals surface area (Å²) in [7, 11) is 0. The number of nitrogens with one attached hydrogen (secondary N) is 1. The van der Waals surface area contributed by atoms with Crippen molar-refractivity contribution in [2.45, 2.75) is 30.2 Å². The van der Waals surface area contributed by atoms with Gasteiger partial charge in [-0.2, -0.15) is 0 Å². The van der Waals surface area contributed by atoms with Gasteiger partial charge in [-0.05, 0) is 28.1 Å². The zero-order valence-electron chi connectivity index (χ0n) is 11.8. The second-order valence-electron chi connectivity index (χ2n) is 5.49. The normalized spacial score (nSPS) is 33.8. The third-order valence-corrected chi connectivity index (χ3v) is 5.34. The van der Waals surface area contributed by atoms with Gasteiger partial charge in [0.2, 0.25) is 5.79 Å². The van der Waals surface area contributed by atoms with Crippen molar-refractivity contribution in [2.24, 2.45) is 0 Å². The molecule has 2 aromatic rings. The topological polar surface area (TPSA) is 143 Å². The Bertz CT molecular complexity index is 812. The summed E-state index contributed by atoms with van der Waals surface area (Å²) in [5.74, 6) is -4.19. The van der Waals surface area contributed by atoms with Crippen molar-refractivity contribution in [1.29, 1.82) is 0 Å². The number of aliphatic carboxylic acids is 1. The van der Waals surface area contributed by atoms with E-state index in [0.29, 0.717) is 9.99 Å². The van der Waals surface area contributed by atoms with Gasteiger partial charge in [0.15, 0.2) is 6.10 Å². The molecule has 6 N–H and O–H groups in total. The van der Waals surface area contributed by atoms with Crippen molar-refractivity contribution >= 4 is 44.4 Å². The molecule has 0 aliphatic carbocycles. The van der Waals surface area contributed by atoms with Gasteiger partial charge in [-0.3, -0.25) is 0 Å². The number of carbonyl (C=O) groups is 1. The number of fused-ring (bicyclic) bond motifs is 1. The SMILES string of the molecule is O=C(O)[C@H]1O[C@@](O)(c2c[nH]c3ccc(Br)c(Cl)c23)[C@H](O)[C@@H](O)[C@@H]1O. The van der Waals surface area contributed by atoms with Crippen molar-refractivity contribution in [3.63, 3.8) is 0 Å². The Hall–Kier alpha value is -1.20. The van der Waals surface area contributed by atoms with E-state index in [4.69, 9.17) is 21.4 Å². The molecule has 10 heteroatoms. The molecule has 1 fully saturated rings. The van der Waals surface area contributed by atoms with E-state index in [9.17, 15) is 25.2 Å². The predicted molar refractivity (Wildman–Crippen MR) is 85.4 cm³/mol. The van der Waals surface area contributed by atoms with Crippen LogP contribution in [-0.4, -0.2) is 60.9 Å². The molecule has 24 heavy (non-hydrogen) atoms. The van der Waals surface area contributed by atoms with Gasteiger partial charge in [-0.15, -0.1) is 0 Å². The summed E-state index contributed by atoms with van der Waals surface area (Å²) in [6, 6.07) is 3.30. The number of halogens is 2. The van der Waals surface area contributed by atoms with Crippen LogP contribution in [0.4, 0.5) is 0 Å². The zero-order chi connectivity index (χ0) is 17.8. The van der Waals surface area contributed by atoms with E-state index in [1.807, 2.05) is 0 Å². The molecule has 0 bridgehead atoms. The number of aromatic nitrogens is 1. The highest BCUT2D eigenvalue weighted by Crippen LogP contribution is 2.43. The van der Waals surface area contributed by atoms with Gasteiger partial charge in [0, 0.05) is 27.1 Å². The number of hydrogen-bond acceptors (Lipinski definition) is 6. The van der Waals surface area contributed by atoms with Crippen LogP contribution >= 0.6 is 27.5 Å². The summed E-state index contributed by atoms with van der Waals surface area (Å²) in [5, 5.41) is 50.3. The molecule has 8 nitrogen and oxygen atoms in total. The van der Waals surface area contributed by atoms with Gasteiger partial charge in [-0.1, -0.05) is 11.6 Å². The highest BCUT2D eigenvalue weighted by molar-refractivity contribution is 9.10. The third kappa shape index (κ3) is 2.44. The Morgan fingerprint density at radius 2 is 1.96 bits per heavy atom. The highest BCUT2D eigenvalue weighted by atomic mass is 79.9. The van der Waals surface area contributed by atoms with Crippen LogP contribution in [0.25, 0.3) is 10.9 Å². The van der Waals surface area contributed by atoms with Crippen molar-refractivity contribution < 1.29 is 35.1 Å². The van der Waals surface area contributed by atoms with Crippen LogP contribution < -0.4 is 0 Å². The van der Waals surface area contributed by atoms with Gasteiger partial charge in [0.1, 0.15) is 18.3 Å². The first kappa shape index (κ1) is 17.6. The van der Waals surface area contributed by atoms with Crippen molar-refractivity contribution in [2.75, 3.05) is 0 Å². The minimum atomic E-state index is -2.59. The summed E-state index contributed by atoms with van der Waals surface area (Å²) in [6.45, 7) is 0. The Balaban J connectivity index is 2.19. The quantitative estimate of drug-likeness (QED) is 0.408. The van der Waals surface area contributed by atoms with E-state index < -0.39 is 36.2 Å². The smallest absolute Gasteiger partial charge is 0.335 e. The molecule has 130 valence electrons. The second-order valence-corrected chi connectivity index (χ2v) is 6.72. The molecular weight excluding hydrogens is 410 g/mol. The summed E-state index contributed by atoms with van der Waals surface area (Å²) in [6.07, 6.45) is -6.51. The summed E-state index contributed by atoms with van der Waals surface area (Å²) in [4.78, 5) is 14.1. The molecule has 0 saturated carbocycles. The molecule has 1 aliphatic heterocycles. The van der Waals surface area contributed by atoms with Gasteiger partial charge in [0.05, 0.1) is 5.02 Å². The molecule has 1 aromatic heterocycles. The number of hydrogen-bond donors (Lipinski definition) is 6. The van der Waals surface area contributed by atoms with Gasteiger partial charge >= 0.3 is 5.97 Å². The van der Waals surface area contributed by atoms with Crippen LogP contribution in [0.3, 0.4) is 0 Å². The van der Waals surface area contributed by atoms with Gasteiger partial charge in [-0.25, -0.2) is 4.79 Å². The number of rotatable bonds is 2. The fraction of sp³-hybridized carbons (Fsp3) is 0.357. The lowest BCUT2D eigenvalue weighted by Crippen LogP contribution is -2.64. The molecular formula is C14H13BrClNO7. The van der Waals surface area contributed by atoms with Crippen molar-refractivity contribution in [3.8, 4) is 0 Å². The highest BCUT2D eigenvalue weighted by Gasteiger charge is 2.56. The number of carboxylic acids is 1. The Morgan fingerprint density at radius 1 is 1.29 bits per heavy atom. The molecule has 2 heterocycles. The first-order valence-corrected chi connectivity index (χ1v) is 7.98. The van der Waals surface area contributed by atoms with Crippen molar-refractivity contribution in [3.05, 3.63) is 33.4 Å². The lowest BCUT2D eigenvalue weighted by atomic mass is 9.88. The number of benzene rings is 1. The number of aliphatic hydroxyl groups is 4. The van der Waals surface area contributed by atoms with Crippen LogP contribution in [0.5, 0.6) is 0 Å². The van der Waals surface area contributed by atoms with Gasteiger partial charge in [0.25, 0.3) is 0 Å². The van der Waals surface area contributed by atoms with E-state index in [-0.39, 0.29) is 16.0 Å². The fourth-order valence-corrected chi connectivity index (χ4v) is 3.39. The summed E-state index contributed by atoms with van der Waals surface area (Å²) >= 11 is 9.46. The zero-order valence-corrected chi connectivity index (χ0v) is 14.2. The molecule has 5 atom stereocenters. The van der Waals surface area contributed by atoms with Crippen LogP contribution in [0, 0.1) is 0 Å². The average molecular weight is 423 g/mol. The molecule has 1 aliphatic rings. The number of ether oxygens (including phenoxy) is 1. The first-order valence-electron chi connectivity index (χ1n) is 6.81. The van der Waals surface area contributed by atoms with Crippen LogP contribution in [0.1, 0.15) is 5.56 Å². The maximum Gasteiger partial charge on any atom is 0.335 e. The minimum absolute atomic E-state index is 0.0616. The van der Waals surface area contributed by atoms with E-state index in [1.165, 1.54) is 6.20 Å². The van der Waals surface area contributed by atoms with E-state index in [2.05, 4.69) is 20.9 Å². The van der Waals surface area contributed by atoms with E-state index in [0.717, 1.165) is 0 Å². The predicted octanol–water partition coefficient (Wildman–Crippen LogP) is 0.295. The van der Waals surface area contributed by atoms with Crippen LogP contribution in [-0.2, 0) is 15.3 Å². The van der Waals surface area contributed by atoms with E-state index >= 15 is 0 Å². The molecule has 0 spiro atoms. The Morgan fingerprint density at radius 3 is 2.58 bits per heavy atom. The van der Waals surface area contributed by atoms with Crippen LogP contribution in [0.15, 0.2) is 22.8 Å². The molecule has 0 amide bonds. The molecule has 3 rings (SSSR count). The maximum atomic E-state index is 11.2. The molecule has 0 unspecified atom stereocenters. The lowest BCUT2D eigenvalue weighted by molar-refractivity contribution is -0.349. The Kier molecular flexibility index (Phi) is 4.37. The largest absolute Gasteiger partial charge is 0.479 e.